The van der Waals surface area contributed by atoms with Crippen LogP contribution >= 0.6 is 22.9 Å². The Morgan fingerprint density at radius 2 is 2.08 bits per heavy atom. The maximum atomic E-state index is 12.6. The minimum atomic E-state index is -0.673. The Balaban J connectivity index is 2.23. The van der Waals surface area contributed by atoms with E-state index in [9.17, 15) is 9.59 Å². The number of amides is 1. The molecule has 0 aliphatic rings. The zero-order valence-corrected chi connectivity index (χ0v) is 16.2. The first-order valence-electron chi connectivity index (χ1n) is 7.93. The molecule has 1 heterocycles. The predicted molar refractivity (Wildman–Crippen MR) is 100 cm³/mol. The van der Waals surface area contributed by atoms with Gasteiger partial charge in [0, 0.05) is 10.6 Å². The third-order valence-corrected chi connectivity index (χ3v) is 5.01. The highest BCUT2D eigenvalue weighted by Gasteiger charge is 2.25. The van der Waals surface area contributed by atoms with Gasteiger partial charge in [0.1, 0.15) is 15.9 Å². The standard InChI is InChI=1S/C18H21ClN2O3S/c1-10(2)8-14(18(23)24-4)21-16(22)15-11(3)20-17(25-15)12-6-5-7-13(19)9-12/h5-7,9-10,14H,8H2,1-4H3,(H,21,22). The Kier molecular flexibility index (Phi) is 6.56. The lowest BCUT2D eigenvalue weighted by Gasteiger charge is -2.17. The van der Waals surface area contributed by atoms with Crippen LogP contribution in [0.1, 0.15) is 35.6 Å². The van der Waals surface area contributed by atoms with E-state index in [2.05, 4.69) is 10.3 Å². The van der Waals surface area contributed by atoms with E-state index in [0.717, 1.165) is 5.56 Å². The summed E-state index contributed by atoms with van der Waals surface area (Å²) in [6.07, 6.45) is 0.511. The second kappa shape index (κ2) is 8.45. The molecule has 0 radical (unpaired) electrons. The summed E-state index contributed by atoms with van der Waals surface area (Å²) in [5.74, 6) is -0.521. The van der Waals surface area contributed by atoms with Crippen LogP contribution in [0.15, 0.2) is 24.3 Å². The van der Waals surface area contributed by atoms with Crippen LogP contribution < -0.4 is 5.32 Å². The van der Waals surface area contributed by atoms with Gasteiger partial charge < -0.3 is 10.1 Å². The number of esters is 1. The normalized spacial score (nSPS) is 12.1. The molecule has 2 aromatic rings. The summed E-state index contributed by atoms with van der Waals surface area (Å²) in [4.78, 5) is 29.5. The summed E-state index contributed by atoms with van der Waals surface area (Å²) in [6.45, 7) is 5.74. The number of halogens is 1. The van der Waals surface area contributed by atoms with E-state index in [-0.39, 0.29) is 11.8 Å². The maximum absolute atomic E-state index is 12.6. The van der Waals surface area contributed by atoms with Crippen LogP contribution in [0.2, 0.25) is 5.02 Å². The van der Waals surface area contributed by atoms with E-state index in [0.29, 0.717) is 27.0 Å². The number of nitrogens with zero attached hydrogens (tertiary/aromatic N) is 1. The average Bonchev–Trinajstić information content (AvgIpc) is 2.95. The van der Waals surface area contributed by atoms with Crippen molar-refractivity contribution in [1.29, 1.82) is 0 Å². The molecule has 1 N–H and O–H groups in total. The number of methoxy groups -OCH3 is 1. The van der Waals surface area contributed by atoms with Crippen molar-refractivity contribution in [2.24, 2.45) is 5.92 Å². The predicted octanol–water partition coefficient (Wildman–Crippen LogP) is 4.09. The molecule has 25 heavy (non-hydrogen) atoms. The van der Waals surface area contributed by atoms with Gasteiger partial charge in [-0.1, -0.05) is 37.6 Å². The molecule has 0 saturated carbocycles. The van der Waals surface area contributed by atoms with Crippen LogP contribution in [-0.2, 0) is 9.53 Å². The molecule has 0 bridgehead atoms. The molecule has 0 spiro atoms. The van der Waals surface area contributed by atoms with Crippen LogP contribution in [0.4, 0.5) is 0 Å². The Morgan fingerprint density at radius 3 is 2.68 bits per heavy atom. The molecule has 1 amide bonds. The maximum Gasteiger partial charge on any atom is 0.328 e. The summed E-state index contributed by atoms with van der Waals surface area (Å²) in [5, 5.41) is 4.09. The molecule has 5 nitrogen and oxygen atoms in total. The van der Waals surface area contributed by atoms with Gasteiger partial charge in [0.25, 0.3) is 5.91 Å². The van der Waals surface area contributed by atoms with Crippen molar-refractivity contribution in [2.75, 3.05) is 7.11 Å². The van der Waals surface area contributed by atoms with Gasteiger partial charge in [0.05, 0.1) is 12.8 Å². The fourth-order valence-corrected chi connectivity index (χ4v) is 3.56. The number of benzene rings is 1. The van der Waals surface area contributed by atoms with Crippen molar-refractivity contribution >= 4 is 34.8 Å². The third-order valence-electron chi connectivity index (χ3n) is 3.57. The average molecular weight is 381 g/mol. The molecule has 0 saturated heterocycles. The highest BCUT2D eigenvalue weighted by Crippen LogP contribution is 2.29. The monoisotopic (exact) mass is 380 g/mol. The second-order valence-corrected chi connectivity index (χ2v) is 7.56. The van der Waals surface area contributed by atoms with E-state index >= 15 is 0 Å². The third kappa shape index (κ3) is 5.03. The van der Waals surface area contributed by atoms with Crippen molar-refractivity contribution in [3.05, 3.63) is 39.9 Å². The van der Waals surface area contributed by atoms with Gasteiger partial charge in [0.15, 0.2) is 0 Å². The number of nitrogens with one attached hydrogen (secondary N) is 1. The molecule has 7 heteroatoms. The van der Waals surface area contributed by atoms with E-state index in [1.807, 2.05) is 26.0 Å². The van der Waals surface area contributed by atoms with Crippen LogP contribution in [-0.4, -0.2) is 30.0 Å². The van der Waals surface area contributed by atoms with Gasteiger partial charge in [0.2, 0.25) is 0 Å². The van der Waals surface area contributed by atoms with E-state index in [4.69, 9.17) is 16.3 Å². The number of thiazole rings is 1. The summed E-state index contributed by atoms with van der Waals surface area (Å²) in [5.41, 5.74) is 1.47. The van der Waals surface area contributed by atoms with Crippen molar-refractivity contribution in [3.63, 3.8) is 0 Å². The number of carbonyl (C=O) groups is 2. The number of carbonyl (C=O) groups excluding carboxylic acids is 2. The van der Waals surface area contributed by atoms with E-state index in [1.165, 1.54) is 18.4 Å². The molecule has 0 fully saturated rings. The topological polar surface area (TPSA) is 68.3 Å². The summed E-state index contributed by atoms with van der Waals surface area (Å²) in [6, 6.07) is 6.64. The second-order valence-electron chi connectivity index (χ2n) is 6.12. The fraction of sp³-hybridized carbons (Fsp3) is 0.389. The molecular formula is C18H21ClN2O3S. The zero-order valence-electron chi connectivity index (χ0n) is 14.6. The van der Waals surface area contributed by atoms with Crippen molar-refractivity contribution < 1.29 is 14.3 Å². The highest BCUT2D eigenvalue weighted by atomic mass is 35.5. The Labute approximate surface area is 156 Å². The molecule has 1 aromatic heterocycles. The van der Waals surface area contributed by atoms with Crippen molar-refractivity contribution in [2.45, 2.75) is 33.2 Å². The SMILES string of the molecule is COC(=O)C(CC(C)C)NC(=O)c1sc(-c2cccc(Cl)c2)nc1C. The van der Waals surface area contributed by atoms with Gasteiger partial charge >= 0.3 is 5.97 Å². The van der Waals surface area contributed by atoms with E-state index < -0.39 is 12.0 Å². The number of rotatable bonds is 6. The molecule has 134 valence electrons. The molecule has 1 unspecified atom stereocenters. The molecular weight excluding hydrogens is 360 g/mol. The van der Waals surface area contributed by atoms with Crippen LogP contribution in [0.3, 0.4) is 0 Å². The number of hydrogen-bond donors (Lipinski definition) is 1. The minimum Gasteiger partial charge on any atom is -0.467 e. The fourth-order valence-electron chi connectivity index (χ4n) is 2.40. The molecule has 0 aliphatic heterocycles. The molecule has 0 aliphatic carbocycles. The van der Waals surface area contributed by atoms with Crippen molar-refractivity contribution in [3.8, 4) is 10.6 Å². The lowest BCUT2D eigenvalue weighted by Crippen LogP contribution is -2.42. The Hall–Kier alpha value is -1.92. The molecule has 1 aromatic carbocycles. The lowest BCUT2D eigenvalue weighted by molar-refractivity contribution is -0.143. The number of aryl methyl sites for hydroxylation is 1. The molecule has 2 rings (SSSR count). The van der Waals surface area contributed by atoms with Gasteiger partial charge in [-0.05, 0) is 31.4 Å². The molecule has 1 atom stereocenters. The largest absolute Gasteiger partial charge is 0.467 e. The van der Waals surface area contributed by atoms with Crippen LogP contribution in [0.25, 0.3) is 10.6 Å². The van der Waals surface area contributed by atoms with Crippen LogP contribution in [0, 0.1) is 12.8 Å². The van der Waals surface area contributed by atoms with E-state index in [1.54, 1.807) is 19.1 Å². The minimum absolute atomic E-state index is 0.244. The smallest absolute Gasteiger partial charge is 0.328 e. The number of aromatic nitrogens is 1. The van der Waals surface area contributed by atoms with Gasteiger partial charge in [-0.15, -0.1) is 11.3 Å². The zero-order chi connectivity index (χ0) is 18.6. The number of hydrogen-bond acceptors (Lipinski definition) is 5. The quantitative estimate of drug-likeness (QED) is 0.766. The number of ether oxygens (including phenoxy) is 1. The van der Waals surface area contributed by atoms with Crippen LogP contribution in [0.5, 0.6) is 0 Å². The Bertz CT molecular complexity index is 773. The Morgan fingerprint density at radius 1 is 1.36 bits per heavy atom. The highest BCUT2D eigenvalue weighted by molar-refractivity contribution is 7.17. The summed E-state index contributed by atoms with van der Waals surface area (Å²) in [7, 11) is 1.32. The lowest BCUT2D eigenvalue weighted by atomic mass is 10.0. The summed E-state index contributed by atoms with van der Waals surface area (Å²) >= 11 is 7.29. The van der Waals surface area contributed by atoms with Gasteiger partial charge in [-0.25, -0.2) is 9.78 Å². The van der Waals surface area contributed by atoms with Crippen molar-refractivity contribution in [1.82, 2.24) is 10.3 Å². The first-order valence-corrected chi connectivity index (χ1v) is 9.13. The first kappa shape index (κ1) is 19.4. The summed E-state index contributed by atoms with van der Waals surface area (Å²) < 4.78 is 4.79. The van der Waals surface area contributed by atoms with Gasteiger partial charge in [-0.2, -0.15) is 0 Å². The van der Waals surface area contributed by atoms with Gasteiger partial charge in [-0.3, -0.25) is 4.79 Å². The first-order chi connectivity index (χ1) is 11.8.